The van der Waals surface area contributed by atoms with Crippen LogP contribution in [0.5, 0.6) is 0 Å². The van der Waals surface area contributed by atoms with E-state index in [2.05, 4.69) is 38.4 Å². The lowest BCUT2D eigenvalue weighted by Gasteiger charge is -2.35. The number of hydrogen-bond donors (Lipinski definition) is 2. The fourth-order valence-corrected chi connectivity index (χ4v) is 3.89. The van der Waals surface area contributed by atoms with Gasteiger partial charge in [0, 0.05) is 18.1 Å². The molecule has 0 bridgehead atoms. The second-order valence-electron chi connectivity index (χ2n) is 7.14. The van der Waals surface area contributed by atoms with Crippen molar-refractivity contribution in [1.82, 2.24) is 14.9 Å². The van der Waals surface area contributed by atoms with Gasteiger partial charge in [0.15, 0.2) is 0 Å². The predicted octanol–water partition coefficient (Wildman–Crippen LogP) is 4.55. The summed E-state index contributed by atoms with van der Waals surface area (Å²) in [5.41, 5.74) is 5.56. The van der Waals surface area contributed by atoms with E-state index >= 15 is 0 Å². The molecule has 1 aromatic heterocycles. The maximum Gasteiger partial charge on any atom is 0.319 e. The van der Waals surface area contributed by atoms with Crippen molar-refractivity contribution in [3.63, 3.8) is 0 Å². The van der Waals surface area contributed by atoms with Gasteiger partial charge in [-0.1, -0.05) is 36.4 Å². The van der Waals surface area contributed by atoms with Gasteiger partial charge in [-0.2, -0.15) is 0 Å². The fraction of sp³-hybridized carbons (Fsp3) is 0.273. The number of aryl methyl sites for hydroxylation is 2. The summed E-state index contributed by atoms with van der Waals surface area (Å²) in [5.74, 6) is 0. The number of hydrogen-bond acceptors (Lipinski definition) is 2. The average molecular weight is 360 g/mol. The van der Waals surface area contributed by atoms with Gasteiger partial charge in [0.25, 0.3) is 0 Å². The number of carbonyl (C=O) groups is 1. The summed E-state index contributed by atoms with van der Waals surface area (Å²) in [6, 6.07) is 14.2. The average Bonchev–Trinajstić information content (AvgIpc) is 3.20. The third kappa shape index (κ3) is 3.45. The molecule has 1 aliphatic carbocycles. The summed E-state index contributed by atoms with van der Waals surface area (Å²) in [6.07, 6.45) is 7.54. The van der Waals surface area contributed by atoms with Crippen molar-refractivity contribution >= 4 is 11.7 Å². The number of amides is 2. The van der Waals surface area contributed by atoms with Crippen molar-refractivity contribution in [2.75, 3.05) is 5.32 Å². The minimum absolute atomic E-state index is 0.103. The van der Waals surface area contributed by atoms with Gasteiger partial charge in [-0.3, -0.25) is 0 Å². The van der Waals surface area contributed by atoms with Crippen molar-refractivity contribution < 1.29 is 4.79 Å². The number of aromatic nitrogens is 2. The van der Waals surface area contributed by atoms with E-state index in [-0.39, 0.29) is 18.1 Å². The summed E-state index contributed by atoms with van der Waals surface area (Å²) < 4.78 is 2.10. The molecule has 2 aromatic carbocycles. The molecular weight excluding hydrogens is 336 g/mol. The molecule has 2 N–H and O–H groups in total. The Labute approximate surface area is 159 Å². The minimum atomic E-state index is -0.185. The molecular formula is C22H24N4O. The zero-order valence-electron chi connectivity index (χ0n) is 15.6. The molecule has 4 rings (SSSR count). The van der Waals surface area contributed by atoms with Crippen molar-refractivity contribution in [2.45, 2.75) is 38.8 Å². The molecule has 0 saturated heterocycles. The number of imidazole rings is 1. The first-order valence-electron chi connectivity index (χ1n) is 9.32. The third-order valence-electron chi connectivity index (χ3n) is 5.53. The topological polar surface area (TPSA) is 59.0 Å². The SMILES string of the molecule is Cc1cccc(NC(=O)NC2c3ccccc3CCC2n2ccnc2)c1C. The molecule has 1 heterocycles. The number of nitrogens with one attached hydrogen (secondary N) is 2. The standard InChI is InChI=1S/C22H24N4O/c1-15-6-5-9-19(16(15)2)24-22(27)25-21-18-8-4-3-7-17(18)10-11-20(21)26-13-12-23-14-26/h3-9,12-14,20-21H,10-11H2,1-2H3,(H2,24,25,27). The molecule has 138 valence electrons. The Balaban J connectivity index is 1.60. The van der Waals surface area contributed by atoms with Crippen LogP contribution in [-0.2, 0) is 6.42 Å². The second-order valence-corrected chi connectivity index (χ2v) is 7.14. The van der Waals surface area contributed by atoms with Crippen LogP contribution in [0.1, 0.15) is 40.8 Å². The molecule has 0 fully saturated rings. The summed E-state index contributed by atoms with van der Waals surface area (Å²) in [4.78, 5) is 17.0. The molecule has 0 saturated carbocycles. The van der Waals surface area contributed by atoms with Gasteiger partial charge in [-0.05, 0) is 55.0 Å². The zero-order valence-corrected chi connectivity index (χ0v) is 15.6. The maximum absolute atomic E-state index is 12.8. The predicted molar refractivity (Wildman–Crippen MR) is 107 cm³/mol. The molecule has 0 aliphatic heterocycles. The summed E-state index contributed by atoms with van der Waals surface area (Å²) in [5, 5.41) is 6.23. The summed E-state index contributed by atoms with van der Waals surface area (Å²) in [7, 11) is 0. The first kappa shape index (κ1) is 17.3. The molecule has 5 nitrogen and oxygen atoms in total. The van der Waals surface area contributed by atoms with E-state index in [0.717, 1.165) is 29.7 Å². The lowest BCUT2D eigenvalue weighted by atomic mass is 9.84. The van der Waals surface area contributed by atoms with E-state index in [1.54, 1.807) is 6.20 Å². The molecule has 0 radical (unpaired) electrons. The summed E-state index contributed by atoms with van der Waals surface area (Å²) in [6.45, 7) is 4.07. The Hall–Kier alpha value is -3.08. The van der Waals surface area contributed by atoms with E-state index in [9.17, 15) is 4.79 Å². The number of anilines is 1. The summed E-state index contributed by atoms with van der Waals surface area (Å²) >= 11 is 0. The van der Waals surface area contributed by atoms with Crippen LogP contribution in [0, 0.1) is 13.8 Å². The number of nitrogens with zero attached hydrogens (tertiary/aromatic N) is 2. The molecule has 2 unspecified atom stereocenters. The monoisotopic (exact) mass is 360 g/mol. The molecule has 2 atom stereocenters. The van der Waals surface area contributed by atoms with Crippen LogP contribution in [0.4, 0.5) is 10.5 Å². The zero-order chi connectivity index (χ0) is 18.8. The lowest BCUT2D eigenvalue weighted by molar-refractivity contribution is 0.239. The highest BCUT2D eigenvalue weighted by Gasteiger charge is 2.31. The second kappa shape index (κ2) is 7.27. The highest BCUT2D eigenvalue weighted by atomic mass is 16.2. The third-order valence-corrected chi connectivity index (χ3v) is 5.53. The number of benzene rings is 2. The maximum atomic E-state index is 12.8. The largest absolute Gasteiger partial charge is 0.332 e. The number of fused-ring (bicyclic) bond motifs is 1. The molecule has 2 amide bonds. The van der Waals surface area contributed by atoms with Gasteiger partial charge in [0.1, 0.15) is 0 Å². The number of rotatable bonds is 3. The van der Waals surface area contributed by atoms with E-state index in [4.69, 9.17) is 0 Å². The Morgan fingerprint density at radius 1 is 1.15 bits per heavy atom. The number of urea groups is 1. The Morgan fingerprint density at radius 2 is 2.00 bits per heavy atom. The normalized spacial score (nSPS) is 18.6. The minimum Gasteiger partial charge on any atom is -0.332 e. The molecule has 3 aromatic rings. The van der Waals surface area contributed by atoms with Crippen molar-refractivity contribution in [1.29, 1.82) is 0 Å². The molecule has 27 heavy (non-hydrogen) atoms. The first-order valence-corrected chi connectivity index (χ1v) is 9.32. The quantitative estimate of drug-likeness (QED) is 0.720. The smallest absolute Gasteiger partial charge is 0.319 e. The van der Waals surface area contributed by atoms with Gasteiger partial charge in [-0.25, -0.2) is 9.78 Å². The van der Waals surface area contributed by atoms with Crippen molar-refractivity contribution in [3.8, 4) is 0 Å². The van der Waals surface area contributed by atoms with Gasteiger partial charge in [0.2, 0.25) is 0 Å². The van der Waals surface area contributed by atoms with Crippen LogP contribution in [0.2, 0.25) is 0 Å². The Kier molecular flexibility index (Phi) is 4.67. The molecule has 5 heteroatoms. The van der Waals surface area contributed by atoms with Crippen LogP contribution in [0.15, 0.2) is 61.2 Å². The highest BCUT2D eigenvalue weighted by molar-refractivity contribution is 5.90. The van der Waals surface area contributed by atoms with Crippen molar-refractivity contribution in [2.24, 2.45) is 0 Å². The van der Waals surface area contributed by atoms with E-state index in [1.165, 1.54) is 11.1 Å². The van der Waals surface area contributed by atoms with E-state index in [1.807, 2.05) is 50.6 Å². The van der Waals surface area contributed by atoms with Crippen LogP contribution in [-0.4, -0.2) is 15.6 Å². The van der Waals surface area contributed by atoms with Crippen LogP contribution >= 0.6 is 0 Å². The van der Waals surface area contributed by atoms with E-state index < -0.39 is 0 Å². The van der Waals surface area contributed by atoms with Gasteiger partial charge >= 0.3 is 6.03 Å². The van der Waals surface area contributed by atoms with Gasteiger partial charge < -0.3 is 15.2 Å². The van der Waals surface area contributed by atoms with Crippen LogP contribution in [0.25, 0.3) is 0 Å². The molecule has 0 spiro atoms. The Morgan fingerprint density at radius 3 is 2.81 bits per heavy atom. The van der Waals surface area contributed by atoms with E-state index in [0.29, 0.717) is 0 Å². The van der Waals surface area contributed by atoms with Crippen LogP contribution < -0.4 is 10.6 Å². The molecule has 1 aliphatic rings. The van der Waals surface area contributed by atoms with Gasteiger partial charge in [-0.15, -0.1) is 0 Å². The fourth-order valence-electron chi connectivity index (χ4n) is 3.89. The Bertz CT molecular complexity index is 949. The van der Waals surface area contributed by atoms with Crippen LogP contribution in [0.3, 0.4) is 0 Å². The highest BCUT2D eigenvalue weighted by Crippen LogP contribution is 2.37. The lowest BCUT2D eigenvalue weighted by Crippen LogP contribution is -2.39. The van der Waals surface area contributed by atoms with Crippen molar-refractivity contribution in [3.05, 3.63) is 83.4 Å². The first-order chi connectivity index (χ1) is 13.1. The number of carbonyl (C=O) groups excluding carboxylic acids is 1. The van der Waals surface area contributed by atoms with Gasteiger partial charge in [0.05, 0.1) is 18.4 Å².